The molecule has 2 aromatic carbocycles. The zero-order valence-electron chi connectivity index (χ0n) is 22.9. The first-order valence-corrected chi connectivity index (χ1v) is 13.3. The number of aliphatic hydroxyl groups is 4. The van der Waals surface area contributed by atoms with Gasteiger partial charge < -0.3 is 36.6 Å². The molecule has 0 heterocycles. The second-order valence-corrected chi connectivity index (χ2v) is 11.0. The highest BCUT2D eigenvalue weighted by Gasteiger charge is 2.64. The number of benzene rings is 2. The summed E-state index contributed by atoms with van der Waals surface area (Å²) in [5.41, 5.74) is 3.44. The standard InChI is InChI=1S/C30H31N3O9/c1-33(2)23-18-12-15-11-17-16(13-4-3-5-14(10-13)29(41)32-8-9-34)6-7-19(35)21(17)24(36)20(15)26(38)30(18,42)27(39)22(25(23)37)28(31)40/h3-7,10,15,18,23,34-36,39,42H,8-9,11-12H2,1-2H3,(H2,31,40)(H,32,41)/t15-,18-,23?,30-/m0/s1. The van der Waals surface area contributed by atoms with Crippen molar-refractivity contribution in [1.82, 2.24) is 10.2 Å². The van der Waals surface area contributed by atoms with Crippen LogP contribution in [0, 0.1) is 11.8 Å². The van der Waals surface area contributed by atoms with Gasteiger partial charge in [-0.25, -0.2) is 0 Å². The monoisotopic (exact) mass is 577 g/mol. The lowest BCUT2D eigenvalue weighted by molar-refractivity contribution is -0.153. The van der Waals surface area contributed by atoms with Crippen molar-refractivity contribution in [3.8, 4) is 16.9 Å². The molecule has 12 nitrogen and oxygen atoms in total. The molecule has 2 amide bonds. The van der Waals surface area contributed by atoms with Crippen LogP contribution in [0.4, 0.5) is 0 Å². The summed E-state index contributed by atoms with van der Waals surface area (Å²) in [6, 6.07) is 8.40. The minimum absolute atomic E-state index is 0.0372. The van der Waals surface area contributed by atoms with E-state index in [4.69, 9.17) is 10.8 Å². The number of nitrogens with one attached hydrogen (secondary N) is 1. The number of phenols is 1. The molecule has 3 aliphatic rings. The zero-order valence-corrected chi connectivity index (χ0v) is 22.9. The summed E-state index contributed by atoms with van der Waals surface area (Å²) in [5.74, 6) is -7.60. The number of carbonyl (C=O) groups is 4. The summed E-state index contributed by atoms with van der Waals surface area (Å²) < 4.78 is 0. The number of amides is 2. The maximum atomic E-state index is 14.0. The summed E-state index contributed by atoms with van der Waals surface area (Å²) in [4.78, 5) is 53.3. The number of likely N-dealkylation sites (N-methyl/N-ethyl adjacent to an activating group) is 1. The molecule has 0 saturated heterocycles. The molecule has 4 atom stereocenters. The van der Waals surface area contributed by atoms with E-state index in [2.05, 4.69) is 5.32 Å². The van der Waals surface area contributed by atoms with Gasteiger partial charge in [0.15, 0.2) is 11.4 Å². The fourth-order valence-electron chi connectivity index (χ4n) is 6.61. The number of nitrogens with two attached hydrogens (primary N) is 1. The van der Waals surface area contributed by atoms with E-state index in [-0.39, 0.29) is 42.9 Å². The molecule has 3 aliphatic carbocycles. The van der Waals surface area contributed by atoms with Crippen LogP contribution in [0.25, 0.3) is 16.9 Å². The van der Waals surface area contributed by atoms with E-state index in [1.165, 1.54) is 25.1 Å². The van der Waals surface area contributed by atoms with Crippen molar-refractivity contribution in [2.24, 2.45) is 17.6 Å². The maximum absolute atomic E-state index is 14.0. The van der Waals surface area contributed by atoms with Crippen LogP contribution in [-0.2, 0) is 20.8 Å². The van der Waals surface area contributed by atoms with Crippen LogP contribution in [0.2, 0.25) is 0 Å². The Morgan fingerprint density at radius 2 is 1.83 bits per heavy atom. The minimum atomic E-state index is -2.71. The lowest BCUT2D eigenvalue weighted by atomic mass is 9.57. The molecule has 2 aromatic rings. The van der Waals surface area contributed by atoms with Crippen LogP contribution in [0.1, 0.15) is 27.9 Å². The minimum Gasteiger partial charge on any atom is -0.508 e. The van der Waals surface area contributed by atoms with Gasteiger partial charge in [-0.15, -0.1) is 0 Å². The molecular weight excluding hydrogens is 546 g/mol. The van der Waals surface area contributed by atoms with Gasteiger partial charge in [0, 0.05) is 23.6 Å². The SMILES string of the molecule is CN(C)C1C(=O)C(C(N)=O)=C(O)[C@@]2(O)C(=O)C3=C(O)c4c(O)ccc(-c5cccc(C(=O)NCCO)c5)c4C[C@H]3C[C@@H]12. The summed E-state index contributed by atoms with van der Waals surface area (Å²) in [6.07, 6.45) is 0.0731. The van der Waals surface area contributed by atoms with E-state index in [1.807, 2.05) is 0 Å². The molecule has 8 N–H and O–H groups in total. The number of ketones is 2. The number of Topliss-reactive ketones (excluding diaryl/α,β-unsaturated/α-hetero) is 2. The summed E-state index contributed by atoms with van der Waals surface area (Å²) in [6.45, 7) is -0.150. The van der Waals surface area contributed by atoms with Gasteiger partial charge in [0.05, 0.1) is 18.2 Å². The van der Waals surface area contributed by atoms with Crippen LogP contribution in [0.3, 0.4) is 0 Å². The third-order valence-electron chi connectivity index (χ3n) is 8.44. The van der Waals surface area contributed by atoms with E-state index in [9.17, 15) is 39.6 Å². The summed E-state index contributed by atoms with van der Waals surface area (Å²) in [5, 5.41) is 56.5. The molecule has 0 aromatic heterocycles. The number of phenolic OH excluding ortho intramolecular Hbond substituents is 1. The number of hydrogen-bond acceptors (Lipinski definition) is 10. The number of hydrogen-bond donors (Lipinski definition) is 7. The van der Waals surface area contributed by atoms with E-state index in [0.717, 1.165) is 0 Å². The molecule has 5 rings (SSSR count). The quantitative estimate of drug-likeness (QED) is 0.234. The average molecular weight is 578 g/mol. The maximum Gasteiger partial charge on any atom is 0.255 e. The van der Waals surface area contributed by atoms with Crippen molar-refractivity contribution in [3.05, 3.63) is 70.0 Å². The van der Waals surface area contributed by atoms with E-state index in [0.29, 0.717) is 22.3 Å². The van der Waals surface area contributed by atoms with Crippen LogP contribution >= 0.6 is 0 Å². The number of aliphatic hydroxyl groups excluding tert-OH is 3. The zero-order chi connectivity index (χ0) is 30.7. The first-order chi connectivity index (χ1) is 19.8. The van der Waals surface area contributed by atoms with Crippen molar-refractivity contribution in [1.29, 1.82) is 0 Å². The Morgan fingerprint density at radius 1 is 1.12 bits per heavy atom. The predicted molar refractivity (Wildman–Crippen MR) is 149 cm³/mol. The Balaban J connectivity index is 1.67. The smallest absolute Gasteiger partial charge is 0.255 e. The molecular formula is C30H31N3O9. The van der Waals surface area contributed by atoms with Crippen LogP contribution in [0.5, 0.6) is 5.75 Å². The molecule has 1 saturated carbocycles. The predicted octanol–water partition coefficient (Wildman–Crippen LogP) is 0.353. The number of fused-ring (bicyclic) bond motifs is 3. The highest BCUT2D eigenvalue weighted by molar-refractivity contribution is 6.24. The van der Waals surface area contributed by atoms with Gasteiger partial charge in [0.1, 0.15) is 22.8 Å². The number of nitrogens with zero attached hydrogens (tertiary/aromatic N) is 1. The normalized spacial score (nSPS) is 25.2. The van der Waals surface area contributed by atoms with Gasteiger partial charge in [-0.05, 0) is 67.7 Å². The average Bonchev–Trinajstić information content (AvgIpc) is 2.93. The molecule has 0 bridgehead atoms. The van der Waals surface area contributed by atoms with Gasteiger partial charge in [-0.2, -0.15) is 0 Å². The van der Waals surface area contributed by atoms with E-state index >= 15 is 0 Å². The Labute approximate surface area is 240 Å². The highest BCUT2D eigenvalue weighted by Crippen LogP contribution is 2.53. The largest absolute Gasteiger partial charge is 0.508 e. The van der Waals surface area contributed by atoms with Gasteiger partial charge >= 0.3 is 0 Å². The lowest BCUT2D eigenvalue weighted by Crippen LogP contribution is -2.65. The number of carbonyl (C=O) groups excluding carboxylic acids is 4. The van der Waals surface area contributed by atoms with E-state index < -0.39 is 64.0 Å². The van der Waals surface area contributed by atoms with E-state index in [1.54, 1.807) is 30.3 Å². The van der Waals surface area contributed by atoms with Crippen molar-refractivity contribution < 1.29 is 44.7 Å². The number of rotatable bonds is 6. The first-order valence-electron chi connectivity index (χ1n) is 13.3. The fourth-order valence-corrected chi connectivity index (χ4v) is 6.61. The molecule has 1 fully saturated rings. The summed E-state index contributed by atoms with van der Waals surface area (Å²) >= 11 is 0. The molecule has 42 heavy (non-hydrogen) atoms. The second kappa shape index (κ2) is 10.4. The Hall–Kier alpha value is -4.52. The third-order valence-corrected chi connectivity index (χ3v) is 8.44. The second-order valence-electron chi connectivity index (χ2n) is 11.0. The van der Waals surface area contributed by atoms with Gasteiger partial charge in [0.25, 0.3) is 11.8 Å². The van der Waals surface area contributed by atoms with Crippen molar-refractivity contribution in [2.75, 3.05) is 27.2 Å². The molecule has 0 radical (unpaired) electrons. The Morgan fingerprint density at radius 3 is 2.48 bits per heavy atom. The first kappa shape index (κ1) is 29.0. The topological polar surface area (TPSA) is 211 Å². The van der Waals surface area contributed by atoms with Crippen molar-refractivity contribution >= 4 is 29.1 Å². The molecule has 1 unspecified atom stereocenters. The Kier molecular flexibility index (Phi) is 7.17. The van der Waals surface area contributed by atoms with Crippen molar-refractivity contribution in [2.45, 2.75) is 24.5 Å². The number of primary amides is 1. The highest BCUT2D eigenvalue weighted by atomic mass is 16.3. The van der Waals surface area contributed by atoms with Crippen LogP contribution in [-0.4, -0.2) is 92.7 Å². The summed E-state index contributed by atoms with van der Waals surface area (Å²) in [7, 11) is 3.07. The number of aromatic hydroxyl groups is 1. The third kappa shape index (κ3) is 4.18. The molecule has 12 heteroatoms. The fraction of sp³-hybridized carbons (Fsp3) is 0.333. The van der Waals surface area contributed by atoms with Crippen molar-refractivity contribution in [3.63, 3.8) is 0 Å². The molecule has 220 valence electrons. The Bertz CT molecular complexity index is 1610. The van der Waals surface area contributed by atoms with Crippen LogP contribution in [0.15, 0.2) is 53.3 Å². The van der Waals surface area contributed by atoms with Gasteiger partial charge in [-0.1, -0.05) is 18.2 Å². The molecule has 0 aliphatic heterocycles. The molecule has 0 spiro atoms. The van der Waals surface area contributed by atoms with Gasteiger partial charge in [0.2, 0.25) is 5.78 Å². The lowest BCUT2D eigenvalue weighted by Gasteiger charge is -2.50. The van der Waals surface area contributed by atoms with Crippen LogP contribution < -0.4 is 11.1 Å². The van der Waals surface area contributed by atoms with Gasteiger partial charge in [-0.3, -0.25) is 24.1 Å².